The molecule has 2 rings (SSSR count). The van der Waals surface area contributed by atoms with E-state index in [1.54, 1.807) is 7.05 Å². The van der Waals surface area contributed by atoms with Crippen molar-refractivity contribution in [2.24, 2.45) is 19.1 Å². The molecule has 0 saturated carbocycles. The first-order valence-corrected chi connectivity index (χ1v) is 6.37. The van der Waals surface area contributed by atoms with Gasteiger partial charge < -0.3 is 0 Å². The Balaban J connectivity index is 2.06. The van der Waals surface area contributed by atoms with Gasteiger partial charge in [0.15, 0.2) is 0 Å². The molecule has 0 atom stereocenters. The molecule has 110 valence electrons. The molecule has 0 aliphatic carbocycles. The van der Waals surface area contributed by atoms with Crippen molar-refractivity contribution < 1.29 is 0 Å². The SMILES string of the molecule is Cc1ccc(N=CNNc2cc(=O)n(C)c(=O)n2C)cc1. The lowest BCUT2D eigenvalue weighted by atomic mass is 10.2. The molecule has 7 heteroatoms. The molecule has 0 fully saturated rings. The van der Waals surface area contributed by atoms with Crippen LogP contribution in [0.5, 0.6) is 0 Å². The summed E-state index contributed by atoms with van der Waals surface area (Å²) in [6, 6.07) is 9.03. The zero-order chi connectivity index (χ0) is 15.4. The minimum atomic E-state index is -0.401. The number of aliphatic imine (C=N–C) groups is 1. The summed E-state index contributed by atoms with van der Waals surface area (Å²) in [5.74, 6) is 0.360. The summed E-state index contributed by atoms with van der Waals surface area (Å²) in [6.45, 7) is 2.00. The molecule has 0 bridgehead atoms. The van der Waals surface area contributed by atoms with Crippen LogP contribution in [0.4, 0.5) is 11.5 Å². The molecule has 0 unspecified atom stereocenters. The predicted molar refractivity (Wildman–Crippen MR) is 83.0 cm³/mol. The summed E-state index contributed by atoms with van der Waals surface area (Å²) < 4.78 is 2.36. The fourth-order valence-electron chi connectivity index (χ4n) is 1.70. The largest absolute Gasteiger partial charge is 0.332 e. The molecule has 0 saturated heterocycles. The number of nitrogens with zero attached hydrogens (tertiary/aromatic N) is 3. The maximum atomic E-state index is 11.7. The molecule has 21 heavy (non-hydrogen) atoms. The van der Waals surface area contributed by atoms with E-state index in [-0.39, 0.29) is 5.56 Å². The van der Waals surface area contributed by atoms with E-state index in [9.17, 15) is 9.59 Å². The van der Waals surface area contributed by atoms with Crippen molar-refractivity contribution in [3.05, 3.63) is 56.7 Å². The van der Waals surface area contributed by atoms with Crippen LogP contribution in [0.1, 0.15) is 5.56 Å². The Bertz CT molecular complexity index is 771. The Morgan fingerprint density at radius 3 is 2.43 bits per heavy atom. The molecule has 1 aromatic carbocycles. The smallest absolute Gasteiger partial charge is 0.289 e. The third-order valence-electron chi connectivity index (χ3n) is 3.04. The molecular weight excluding hydrogens is 270 g/mol. The lowest BCUT2D eigenvalue weighted by Gasteiger charge is -2.10. The molecular formula is C14H17N5O2. The highest BCUT2D eigenvalue weighted by Crippen LogP contribution is 2.10. The topological polar surface area (TPSA) is 80.4 Å². The van der Waals surface area contributed by atoms with E-state index in [2.05, 4.69) is 15.8 Å². The monoisotopic (exact) mass is 287 g/mol. The van der Waals surface area contributed by atoms with Crippen molar-refractivity contribution in [1.29, 1.82) is 0 Å². The average molecular weight is 287 g/mol. The maximum absolute atomic E-state index is 11.7. The lowest BCUT2D eigenvalue weighted by Crippen LogP contribution is -2.38. The fourth-order valence-corrected chi connectivity index (χ4v) is 1.70. The van der Waals surface area contributed by atoms with Gasteiger partial charge in [-0.3, -0.25) is 24.8 Å². The summed E-state index contributed by atoms with van der Waals surface area (Å²) in [6.07, 6.45) is 1.45. The van der Waals surface area contributed by atoms with Crippen LogP contribution in [0, 0.1) is 6.92 Å². The third kappa shape index (κ3) is 3.38. The zero-order valence-electron chi connectivity index (χ0n) is 12.1. The molecule has 2 N–H and O–H groups in total. The average Bonchev–Trinajstić information content (AvgIpc) is 2.48. The van der Waals surface area contributed by atoms with Crippen molar-refractivity contribution in [2.45, 2.75) is 6.92 Å². The Hall–Kier alpha value is -2.83. The Kier molecular flexibility index (Phi) is 4.22. The highest BCUT2D eigenvalue weighted by Gasteiger charge is 2.04. The minimum absolute atomic E-state index is 0.360. The van der Waals surface area contributed by atoms with Crippen molar-refractivity contribution in [1.82, 2.24) is 14.6 Å². The number of benzene rings is 1. The van der Waals surface area contributed by atoms with E-state index in [0.29, 0.717) is 5.82 Å². The summed E-state index contributed by atoms with van der Waals surface area (Å²) in [4.78, 5) is 27.5. The molecule has 0 amide bonds. The van der Waals surface area contributed by atoms with Gasteiger partial charge in [0.05, 0.1) is 5.69 Å². The fraction of sp³-hybridized carbons (Fsp3) is 0.214. The number of aryl methyl sites for hydroxylation is 1. The Labute approximate surface area is 121 Å². The molecule has 0 aliphatic heterocycles. The van der Waals surface area contributed by atoms with Gasteiger partial charge in [-0.1, -0.05) is 17.7 Å². The highest BCUT2D eigenvalue weighted by molar-refractivity contribution is 5.62. The number of nitrogens with one attached hydrogen (secondary N) is 2. The van der Waals surface area contributed by atoms with Crippen LogP contribution in [-0.4, -0.2) is 15.5 Å². The molecule has 1 heterocycles. The molecule has 0 radical (unpaired) electrons. The second-order valence-corrected chi connectivity index (χ2v) is 4.63. The zero-order valence-corrected chi connectivity index (χ0v) is 12.1. The predicted octanol–water partition coefficient (Wildman–Crippen LogP) is 0.669. The number of aromatic nitrogens is 2. The van der Waals surface area contributed by atoms with E-state index in [1.165, 1.54) is 24.0 Å². The van der Waals surface area contributed by atoms with Crippen LogP contribution in [-0.2, 0) is 14.1 Å². The first kappa shape index (κ1) is 14.6. The second-order valence-electron chi connectivity index (χ2n) is 4.63. The van der Waals surface area contributed by atoms with Crippen molar-refractivity contribution in [2.75, 3.05) is 5.43 Å². The second kappa shape index (κ2) is 6.08. The van der Waals surface area contributed by atoms with Crippen LogP contribution in [0.2, 0.25) is 0 Å². The van der Waals surface area contributed by atoms with Crippen molar-refractivity contribution >= 4 is 17.8 Å². The molecule has 7 nitrogen and oxygen atoms in total. The van der Waals surface area contributed by atoms with Crippen molar-refractivity contribution in [3.8, 4) is 0 Å². The first-order chi connectivity index (χ1) is 9.99. The van der Waals surface area contributed by atoms with Crippen LogP contribution in [0.15, 0.2) is 44.9 Å². The van der Waals surface area contributed by atoms with Gasteiger partial charge in [0.25, 0.3) is 5.56 Å². The Morgan fingerprint density at radius 1 is 1.10 bits per heavy atom. The maximum Gasteiger partial charge on any atom is 0.332 e. The van der Waals surface area contributed by atoms with Gasteiger partial charge >= 0.3 is 5.69 Å². The highest BCUT2D eigenvalue weighted by atomic mass is 16.2. The molecule has 1 aromatic heterocycles. The molecule has 0 aliphatic rings. The van der Waals surface area contributed by atoms with Gasteiger partial charge in [0, 0.05) is 20.2 Å². The van der Waals surface area contributed by atoms with Crippen LogP contribution in [0.3, 0.4) is 0 Å². The first-order valence-electron chi connectivity index (χ1n) is 6.37. The van der Waals surface area contributed by atoms with E-state index in [0.717, 1.165) is 15.8 Å². The third-order valence-corrected chi connectivity index (χ3v) is 3.04. The number of hydrogen-bond acceptors (Lipinski definition) is 4. The van der Waals surface area contributed by atoms with Gasteiger partial charge in [-0.05, 0) is 19.1 Å². The normalized spacial score (nSPS) is 10.8. The van der Waals surface area contributed by atoms with E-state index < -0.39 is 5.69 Å². The van der Waals surface area contributed by atoms with Gasteiger partial charge in [0.2, 0.25) is 0 Å². The number of anilines is 1. The van der Waals surface area contributed by atoms with Gasteiger partial charge in [0.1, 0.15) is 12.2 Å². The number of hydrazine groups is 1. The van der Waals surface area contributed by atoms with Gasteiger partial charge in [-0.2, -0.15) is 0 Å². The number of rotatable bonds is 4. The number of hydrogen-bond donors (Lipinski definition) is 2. The van der Waals surface area contributed by atoms with Crippen molar-refractivity contribution in [3.63, 3.8) is 0 Å². The van der Waals surface area contributed by atoms with Crippen LogP contribution in [0.25, 0.3) is 0 Å². The molecule has 0 spiro atoms. The Morgan fingerprint density at radius 2 is 1.76 bits per heavy atom. The minimum Gasteiger partial charge on any atom is -0.289 e. The molecule has 2 aromatic rings. The van der Waals surface area contributed by atoms with E-state index in [4.69, 9.17) is 0 Å². The van der Waals surface area contributed by atoms with E-state index >= 15 is 0 Å². The van der Waals surface area contributed by atoms with Crippen LogP contribution >= 0.6 is 0 Å². The summed E-state index contributed by atoms with van der Waals surface area (Å²) in [7, 11) is 3.00. The standard InChI is InChI=1S/C14H17N5O2/c1-10-4-6-11(7-5-10)15-9-16-17-12-8-13(20)19(3)14(21)18(12)2/h4-9,17H,1-3H3,(H,15,16). The summed E-state index contributed by atoms with van der Waals surface area (Å²) >= 11 is 0. The van der Waals surface area contributed by atoms with Crippen LogP contribution < -0.4 is 22.1 Å². The summed E-state index contributed by atoms with van der Waals surface area (Å²) in [5, 5.41) is 0. The van der Waals surface area contributed by atoms with Gasteiger partial charge in [-0.25, -0.2) is 9.79 Å². The van der Waals surface area contributed by atoms with Gasteiger partial charge in [-0.15, -0.1) is 0 Å². The lowest BCUT2D eigenvalue weighted by molar-refractivity contribution is 0.687. The van der Waals surface area contributed by atoms with E-state index in [1.807, 2.05) is 31.2 Å². The summed E-state index contributed by atoms with van der Waals surface area (Å²) in [5.41, 5.74) is 6.67. The quantitative estimate of drug-likeness (QED) is 0.492.